The molecule has 0 bridgehead atoms. The molecule has 0 aliphatic heterocycles. The molecular formula is C21H20N4O2. The van der Waals surface area contributed by atoms with Crippen LogP contribution in [-0.4, -0.2) is 31.2 Å². The summed E-state index contributed by atoms with van der Waals surface area (Å²) in [5.74, 6) is 2.05. The van der Waals surface area contributed by atoms with Crippen molar-refractivity contribution in [3.05, 3.63) is 65.6 Å². The normalized spacial score (nSPS) is 10.1. The maximum atomic E-state index is 9.32. The number of aromatic nitrogens is 2. The number of hydrogen-bond donors (Lipinski definition) is 1. The van der Waals surface area contributed by atoms with E-state index in [0.29, 0.717) is 29.3 Å². The summed E-state index contributed by atoms with van der Waals surface area (Å²) in [4.78, 5) is 9.03. The lowest BCUT2D eigenvalue weighted by Gasteiger charge is -2.10. The third-order valence-corrected chi connectivity index (χ3v) is 4.22. The van der Waals surface area contributed by atoms with Gasteiger partial charge in [0.15, 0.2) is 11.5 Å². The molecular weight excluding hydrogens is 340 g/mol. The molecule has 0 fully saturated rings. The van der Waals surface area contributed by atoms with Crippen LogP contribution < -0.4 is 14.8 Å². The molecule has 0 radical (unpaired) electrons. The lowest BCUT2D eigenvalue weighted by molar-refractivity contribution is 0.354. The van der Waals surface area contributed by atoms with Crippen LogP contribution in [-0.2, 0) is 6.42 Å². The standard InChI is InChI=1S/C21H20N4O2/c1-23-17-6-5-15(12-16(17)13-22)18-8-9-24-21(25-18)11-14-4-7-19(26-2)20(10-14)27-3/h4-10,12,23H,11H2,1-3H3. The Labute approximate surface area is 158 Å². The molecule has 6 nitrogen and oxygen atoms in total. The van der Waals surface area contributed by atoms with Crippen LogP contribution in [0.4, 0.5) is 5.69 Å². The van der Waals surface area contributed by atoms with E-state index in [1.165, 1.54) is 0 Å². The summed E-state index contributed by atoms with van der Waals surface area (Å²) in [5, 5.41) is 12.3. The first kappa shape index (κ1) is 18.2. The molecule has 136 valence electrons. The van der Waals surface area contributed by atoms with Crippen molar-refractivity contribution in [3.8, 4) is 28.8 Å². The van der Waals surface area contributed by atoms with Crippen molar-refractivity contribution in [2.24, 2.45) is 0 Å². The Bertz CT molecular complexity index is 996. The average molecular weight is 360 g/mol. The Morgan fingerprint density at radius 2 is 1.85 bits per heavy atom. The molecule has 2 aromatic carbocycles. The predicted octanol–water partition coefficient (Wildman–Crippen LogP) is 3.66. The summed E-state index contributed by atoms with van der Waals surface area (Å²) in [7, 11) is 5.01. The SMILES string of the molecule is CNc1ccc(-c2ccnc(Cc3ccc(OC)c(OC)c3)n2)cc1C#N. The second-order valence-electron chi connectivity index (χ2n) is 5.85. The highest BCUT2D eigenvalue weighted by Crippen LogP contribution is 2.28. The van der Waals surface area contributed by atoms with E-state index in [4.69, 9.17) is 9.47 Å². The smallest absolute Gasteiger partial charge is 0.161 e. The predicted molar refractivity (Wildman–Crippen MR) is 104 cm³/mol. The number of ether oxygens (including phenoxy) is 2. The Morgan fingerprint density at radius 1 is 1.04 bits per heavy atom. The highest BCUT2D eigenvalue weighted by molar-refractivity contribution is 5.68. The molecule has 0 aliphatic rings. The van der Waals surface area contributed by atoms with Crippen molar-refractivity contribution in [2.75, 3.05) is 26.6 Å². The van der Waals surface area contributed by atoms with Crippen molar-refractivity contribution < 1.29 is 9.47 Å². The number of rotatable bonds is 6. The van der Waals surface area contributed by atoms with Crippen LogP contribution in [0.5, 0.6) is 11.5 Å². The van der Waals surface area contributed by atoms with Gasteiger partial charge in [-0.1, -0.05) is 12.1 Å². The van der Waals surface area contributed by atoms with Crippen molar-refractivity contribution in [2.45, 2.75) is 6.42 Å². The third kappa shape index (κ3) is 3.98. The van der Waals surface area contributed by atoms with Crippen LogP contribution >= 0.6 is 0 Å². The monoisotopic (exact) mass is 360 g/mol. The highest BCUT2D eigenvalue weighted by atomic mass is 16.5. The number of methoxy groups -OCH3 is 2. The van der Waals surface area contributed by atoms with Crippen LogP contribution in [0.3, 0.4) is 0 Å². The van der Waals surface area contributed by atoms with Gasteiger partial charge in [0, 0.05) is 25.2 Å². The minimum Gasteiger partial charge on any atom is -0.493 e. The van der Waals surface area contributed by atoms with Gasteiger partial charge < -0.3 is 14.8 Å². The van der Waals surface area contributed by atoms with Gasteiger partial charge in [-0.05, 0) is 35.9 Å². The van der Waals surface area contributed by atoms with Gasteiger partial charge in [-0.2, -0.15) is 5.26 Å². The van der Waals surface area contributed by atoms with Gasteiger partial charge in [0.1, 0.15) is 11.9 Å². The lowest BCUT2D eigenvalue weighted by Crippen LogP contribution is -1.99. The first-order valence-electron chi connectivity index (χ1n) is 8.43. The van der Waals surface area contributed by atoms with Crippen LogP contribution in [0.2, 0.25) is 0 Å². The quantitative estimate of drug-likeness (QED) is 0.722. The maximum Gasteiger partial charge on any atom is 0.161 e. The molecule has 1 N–H and O–H groups in total. The Balaban J connectivity index is 1.89. The molecule has 3 aromatic rings. The fraction of sp³-hybridized carbons (Fsp3) is 0.190. The molecule has 0 saturated carbocycles. The van der Waals surface area contributed by atoms with E-state index in [-0.39, 0.29) is 0 Å². The maximum absolute atomic E-state index is 9.32. The van der Waals surface area contributed by atoms with Crippen LogP contribution in [0.1, 0.15) is 17.0 Å². The summed E-state index contributed by atoms with van der Waals surface area (Å²) < 4.78 is 10.6. The summed E-state index contributed by atoms with van der Waals surface area (Å²) in [6, 6.07) is 15.4. The molecule has 0 amide bonds. The summed E-state index contributed by atoms with van der Waals surface area (Å²) in [6.45, 7) is 0. The molecule has 0 atom stereocenters. The first-order chi connectivity index (χ1) is 13.2. The van der Waals surface area contributed by atoms with E-state index >= 15 is 0 Å². The van der Waals surface area contributed by atoms with E-state index < -0.39 is 0 Å². The van der Waals surface area contributed by atoms with E-state index in [0.717, 1.165) is 22.5 Å². The summed E-state index contributed by atoms with van der Waals surface area (Å²) in [5.41, 5.74) is 4.05. The summed E-state index contributed by atoms with van der Waals surface area (Å²) >= 11 is 0. The zero-order valence-corrected chi connectivity index (χ0v) is 15.5. The molecule has 0 spiro atoms. The Hall–Kier alpha value is -3.59. The molecule has 0 saturated heterocycles. The minimum atomic E-state index is 0.563. The zero-order chi connectivity index (χ0) is 19.2. The number of nitriles is 1. The minimum absolute atomic E-state index is 0.563. The number of anilines is 1. The van der Waals surface area contributed by atoms with Crippen LogP contribution in [0, 0.1) is 11.3 Å². The Kier molecular flexibility index (Phi) is 5.53. The van der Waals surface area contributed by atoms with Gasteiger partial charge in [0.05, 0.1) is 31.2 Å². The third-order valence-electron chi connectivity index (χ3n) is 4.22. The topological polar surface area (TPSA) is 80.1 Å². The number of benzene rings is 2. The molecule has 6 heteroatoms. The molecule has 1 aromatic heterocycles. The lowest BCUT2D eigenvalue weighted by atomic mass is 10.1. The van der Waals surface area contributed by atoms with Gasteiger partial charge in [0.2, 0.25) is 0 Å². The highest BCUT2D eigenvalue weighted by Gasteiger charge is 2.09. The second kappa shape index (κ2) is 8.19. The largest absolute Gasteiger partial charge is 0.493 e. The Morgan fingerprint density at radius 3 is 2.56 bits per heavy atom. The van der Waals surface area contributed by atoms with Gasteiger partial charge in [0.25, 0.3) is 0 Å². The van der Waals surface area contributed by atoms with Crippen LogP contribution in [0.25, 0.3) is 11.3 Å². The number of nitrogens with one attached hydrogen (secondary N) is 1. The fourth-order valence-electron chi connectivity index (χ4n) is 2.83. The van der Waals surface area contributed by atoms with E-state index in [1.54, 1.807) is 27.5 Å². The zero-order valence-electron chi connectivity index (χ0n) is 15.5. The van der Waals surface area contributed by atoms with Crippen molar-refractivity contribution in [1.82, 2.24) is 9.97 Å². The van der Waals surface area contributed by atoms with E-state index in [2.05, 4.69) is 21.4 Å². The van der Waals surface area contributed by atoms with Crippen molar-refractivity contribution >= 4 is 5.69 Å². The van der Waals surface area contributed by atoms with E-state index in [1.807, 2.05) is 42.5 Å². The molecule has 0 unspecified atom stereocenters. The molecule has 0 aliphatic carbocycles. The van der Waals surface area contributed by atoms with Crippen LogP contribution in [0.15, 0.2) is 48.7 Å². The molecule has 27 heavy (non-hydrogen) atoms. The second-order valence-corrected chi connectivity index (χ2v) is 5.85. The van der Waals surface area contributed by atoms with Gasteiger partial charge >= 0.3 is 0 Å². The number of hydrogen-bond acceptors (Lipinski definition) is 6. The molecule has 3 rings (SSSR count). The first-order valence-corrected chi connectivity index (χ1v) is 8.43. The van der Waals surface area contributed by atoms with Crippen molar-refractivity contribution in [1.29, 1.82) is 5.26 Å². The summed E-state index contributed by atoms with van der Waals surface area (Å²) in [6.07, 6.45) is 2.30. The van der Waals surface area contributed by atoms with Gasteiger partial charge in [-0.25, -0.2) is 9.97 Å². The van der Waals surface area contributed by atoms with E-state index in [9.17, 15) is 5.26 Å². The van der Waals surface area contributed by atoms with Gasteiger partial charge in [-0.3, -0.25) is 0 Å². The average Bonchev–Trinajstić information content (AvgIpc) is 2.73. The fourth-order valence-corrected chi connectivity index (χ4v) is 2.83. The number of nitrogens with zero attached hydrogens (tertiary/aromatic N) is 3. The van der Waals surface area contributed by atoms with Gasteiger partial charge in [-0.15, -0.1) is 0 Å². The molecule has 1 heterocycles. The van der Waals surface area contributed by atoms with Crippen molar-refractivity contribution in [3.63, 3.8) is 0 Å².